The van der Waals surface area contributed by atoms with Crippen LogP contribution in [0, 0.1) is 0 Å². The number of carbonyl (C=O) groups is 2. The Morgan fingerprint density at radius 3 is 2.55 bits per heavy atom. The molecule has 11 nitrogen and oxygen atoms in total. The van der Waals surface area contributed by atoms with E-state index in [4.69, 9.17) is 17.3 Å². The lowest BCUT2D eigenvalue weighted by Gasteiger charge is -2.18. The maximum atomic E-state index is 13.3. The van der Waals surface area contributed by atoms with Crippen molar-refractivity contribution in [2.24, 2.45) is 0 Å². The number of aromatic nitrogens is 6. The van der Waals surface area contributed by atoms with Crippen LogP contribution < -0.4 is 16.4 Å². The number of halogens is 1. The fourth-order valence-electron chi connectivity index (χ4n) is 3.86. The molecule has 200 valence electrons. The van der Waals surface area contributed by atoms with Gasteiger partial charge >= 0.3 is 0 Å². The van der Waals surface area contributed by atoms with Crippen LogP contribution >= 0.6 is 22.9 Å². The summed E-state index contributed by atoms with van der Waals surface area (Å²) in [5.74, 6) is -0.821. The Kier molecular flexibility index (Phi) is 8.18. The SMILES string of the molecule is Nc1nnc(-c2ccc(NC(=O)C(Cc3ccccc3)NC(=O)/C=C/c3cc(Cl)ccc3-n3cnnn3)cc2)s1. The van der Waals surface area contributed by atoms with Gasteiger partial charge in [-0.3, -0.25) is 9.59 Å². The second-order valence-corrected chi connectivity index (χ2v) is 10.00. The number of rotatable bonds is 9. The summed E-state index contributed by atoms with van der Waals surface area (Å²) >= 11 is 7.45. The highest BCUT2D eigenvalue weighted by Gasteiger charge is 2.21. The first-order valence-electron chi connectivity index (χ1n) is 12.0. The van der Waals surface area contributed by atoms with Crippen molar-refractivity contribution in [2.75, 3.05) is 11.1 Å². The van der Waals surface area contributed by atoms with Crippen LogP contribution in [0.15, 0.2) is 85.2 Å². The maximum absolute atomic E-state index is 13.3. The molecule has 1 unspecified atom stereocenters. The van der Waals surface area contributed by atoms with Crippen LogP contribution in [0.5, 0.6) is 0 Å². The van der Waals surface area contributed by atoms with Gasteiger partial charge in [-0.15, -0.1) is 15.3 Å². The van der Waals surface area contributed by atoms with Crippen LogP contribution in [0.25, 0.3) is 22.3 Å². The molecule has 2 amide bonds. The average molecular weight is 572 g/mol. The molecule has 40 heavy (non-hydrogen) atoms. The number of tetrazole rings is 1. The number of benzene rings is 3. The van der Waals surface area contributed by atoms with Gasteiger partial charge in [0.2, 0.25) is 16.9 Å². The number of nitrogens with two attached hydrogens (primary N) is 1. The Morgan fingerprint density at radius 2 is 1.85 bits per heavy atom. The van der Waals surface area contributed by atoms with Gasteiger partial charge in [0.05, 0.1) is 5.69 Å². The molecule has 0 aliphatic rings. The topological polar surface area (TPSA) is 154 Å². The van der Waals surface area contributed by atoms with E-state index in [2.05, 4.69) is 36.4 Å². The minimum absolute atomic E-state index is 0.293. The number of nitrogens with one attached hydrogen (secondary N) is 2. The number of anilines is 2. The standard InChI is InChI=1S/C27H22ClN9O2S/c28-20-9-12-23(37-16-30-35-36-37)19(15-20)8-13-24(38)32-22(14-17-4-2-1-3-5-17)25(39)31-21-10-6-18(7-11-21)26-33-34-27(29)40-26/h1-13,15-16,22H,14H2,(H2,29,34)(H,31,39)(H,32,38)/b13-8+. The molecular formula is C27H22ClN9O2S. The monoisotopic (exact) mass is 571 g/mol. The van der Waals surface area contributed by atoms with E-state index < -0.39 is 11.9 Å². The predicted octanol–water partition coefficient (Wildman–Crippen LogP) is 3.80. The van der Waals surface area contributed by atoms with E-state index in [1.807, 2.05) is 42.5 Å². The normalized spacial score (nSPS) is 11.8. The molecule has 2 aromatic heterocycles. The zero-order chi connectivity index (χ0) is 27.9. The van der Waals surface area contributed by atoms with Crippen LogP contribution in [0.4, 0.5) is 10.8 Å². The molecule has 5 rings (SSSR count). The zero-order valence-electron chi connectivity index (χ0n) is 20.8. The van der Waals surface area contributed by atoms with Crippen molar-refractivity contribution in [3.05, 3.63) is 101 Å². The second kappa shape index (κ2) is 12.3. The lowest BCUT2D eigenvalue weighted by molar-refractivity contribution is -0.123. The Bertz CT molecular complexity index is 1640. The first-order chi connectivity index (χ1) is 19.4. The molecule has 0 aliphatic heterocycles. The quantitative estimate of drug-likeness (QED) is 0.226. The van der Waals surface area contributed by atoms with Crippen molar-refractivity contribution in [1.82, 2.24) is 35.7 Å². The second-order valence-electron chi connectivity index (χ2n) is 8.55. The van der Waals surface area contributed by atoms with E-state index in [0.29, 0.717) is 38.5 Å². The van der Waals surface area contributed by atoms with Gasteiger partial charge in [-0.2, -0.15) is 4.68 Å². The Labute approximate surface area is 237 Å². The first-order valence-corrected chi connectivity index (χ1v) is 13.2. The predicted molar refractivity (Wildman–Crippen MR) is 154 cm³/mol. The van der Waals surface area contributed by atoms with Gasteiger partial charge < -0.3 is 16.4 Å². The van der Waals surface area contributed by atoms with Crippen LogP contribution in [0.1, 0.15) is 11.1 Å². The van der Waals surface area contributed by atoms with Crippen LogP contribution in [-0.2, 0) is 16.0 Å². The van der Waals surface area contributed by atoms with Crippen molar-refractivity contribution in [3.63, 3.8) is 0 Å². The van der Waals surface area contributed by atoms with Gasteiger partial charge in [0.15, 0.2) is 0 Å². The number of nitrogen functional groups attached to an aromatic ring is 1. The molecule has 0 aliphatic carbocycles. The highest BCUT2D eigenvalue weighted by molar-refractivity contribution is 7.18. The lowest BCUT2D eigenvalue weighted by atomic mass is 10.0. The van der Waals surface area contributed by atoms with E-state index in [1.54, 1.807) is 36.4 Å². The molecule has 0 fully saturated rings. The van der Waals surface area contributed by atoms with E-state index in [0.717, 1.165) is 11.1 Å². The minimum atomic E-state index is -0.847. The van der Waals surface area contributed by atoms with Crippen molar-refractivity contribution in [1.29, 1.82) is 0 Å². The van der Waals surface area contributed by atoms with Gasteiger partial charge in [0.25, 0.3) is 0 Å². The highest BCUT2D eigenvalue weighted by atomic mass is 35.5. The molecule has 13 heteroatoms. The molecular weight excluding hydrogens is 550 g/mol. The number of carbonyl (C=O) groups excluding carboxylic acids is 2. The van der Waals surface area contributed by atoms with Crippen LogP contribution in [0.2, 0.25) is 5.02 Å². The summed E-state index contributed by atoms with van der Waals surface area (Å²) in [6, 6.07) is 20.9. The molecule has 0 saturated carbocycles. The van der Waals surface area contributed by atoms with Gasteiger partial charge in [0.1, 0.15) is 17.4 Å². The summed E-state index contributed by atoms with van der Waals surface area (Å²) in [6.45, 7) is 0. The van der Waals surface area contributed by atoms with Crippen molar-refractivity contribution >= 4 is 51.6 Å². The molecule has 3 aromatic carbocycles. The van der Waals surface area contributed by atoms with Crippen molar-refractivity contribution < 1.29 is 9.59 Å². The third-order valence-corrected chi connectivity index (χ3v) is 6.79. The van der Waals surface area contributed by atoms with E-state index in [9.17, 15) is 9.59 Å². The number of amides is 2. The number of hydrogen-bond acceptors (Lipinski definition) is 9. The van der Waals surface area contributed by atoms with E-state index in [1.165, 1.54) is 28.4 Å². The van der Waals surface area contributed by atoms with E-state index in [-0.39, 0.29) is 5.91 Å². The maximum Gasteiger partial charge on any atom is 0.247 e. The van der Waals surface area contributed by atoms with E-state index >= 15 is 0 Å². The fraction of sp³-hybridized carbons (Fsp3) is 0.0741. The molecule has 0 saturated heterocycles. The van der Waals surface area contributed by atoms with Crippen molar-refractivity contribution in [2.45, 2.75) is 12.5 Å². The molecule has 5 aromatic rings. The summed E-state index contributed by atoms with van der Waals surface area (Å²) < 4.78 is 1.46. The molecule has 4 N–H and O–H groups in total. The van der Waals surface area contributed by atoms with Crippen LogP contribution in [-0.4, -0.2) is 48.3 Å². The minimum Gasteiger partial charge on any atom is -0.374 e. The summed E-state index contributed by atoms with van der Waals surface area (Å²) in [6.07, 6.45) is 4.67. The van der Waals surface area contributed by atoms with Gasteiger partial charge in [-0.1, -0.05) is 53.3 Å². The third-order valence-electron chi connectivity index (χ3n) is 5.76. The van der Waals surface area contributed by atoms with Gasteiger partial charge in [0, 0.05) is 34.3 Å². The largest absolute Gasteiger partial charge is 0.374 e. The number of nitrogens with zero attached hydrogens (tertiary/aromatic N) is 6. The lowest BCUT2D eigenvalue weighted by Crippen LogP contribution is -2.44. The molecule has 0 spiro atoms. The molecule has 2 heterocycles. The summed E-state index contributed by atoms with van der Waals surface area (Å²) in [7, 11) is 0. The summed E-state index contributed by atoms with van der Waals surface area (Å²) in [5, 5.41) is 26.3. The first kappa shape index (κ1) is 26.7. The van der Waals surface area contributed by atoms with Crippen molar-refractivity contribution in [3.8, 4) is 16.3 Å². The average Bonchev–Trinajstić information content (AvgIpc) is 3.65. The fourth-order valence-corrected chi connectivity index (χ4v) is 4.66. The zero-order valence-corrected chi connectivity index (χ0v) is 22.4. The number of hydrogen-bond donors (Lipinski definition) is 3. The smallest absolute Gasteiger partial charge is 0.247 e. The Hall–Kier alpha value is -4.94. The summed E-state index contributed by atoms with van der Waals surface area (Å²) in [4.78, 5) is 26.3. The highest BCUT2D eigenvalue weighted by Crippen LogP contribution is 2.26. The van der Waals surface area contributed by atoms with Crippen LogP contribution in [0.3, 0.4) is 0 Å². The molecule has 0 bridgehead atoms. The molecule has 1 atom stereocenters. The summed E-state index contributed by atoms with van der Waals surface area (Å²) in [5.41, 5.74) is 9.22. The van der Waals surface area contributed by atoms with Gasteiger partial charge in [-0.25, -0.2) is 0 Å². The third kappa shape index (κ3) is 6.73. The van der Waals surface area contributed by atoms with Gasteiger partial charge in [-0.05, 0) is 64.5 Å². The molecule has 0 radical (unpaired) electrons. The Balaban J connectivity index is 1.31. The Morgan fingerprint density at radius 1 is 1.05 bits per heavy atom.